The van der Waals surface area contributed by atoms with Crippen molar-refractivity contribution in [3.8, 4) is 0 Å². The lowest BCUT2D eigenvalue weighted by atomic mass is 9.97. The number of unbranched alkanes of at least 4 members (excludes halogenated alkanes) is 19. The third-order valence-electron chi connectivity index (χ3n) is 14.9. The van der Waals surface area contributed by atoms with E-state index in [9.17, 15) is 45.6 Å². The third kappa shape index (κ3) is 37.5. The van der Waals surface area contributed by atoms with E-state index in [-0.39, 0.29) is 18.9 Å². The van der Waals surface area contributed by atoms with Crippen LogP contribution in [0, 0.1) is 0 Å². The number of nitrogens with one attached hydrogen (secondary N) is 1. The van der Waals surface area contributed by atoms with Crippen LogP contribution in [0.25, 0.3) is 0 Å². The van der Waals surface area contributed by atoms with E-state index in [1.54, 1.807) is 6.08 Å². The molecule has 0 aliphatic carbocycles. The van der Waals surface area contributed by atoms with Gasteiger partial charge in [0.2, 0.25) is 5.91 Å². The Kier molecular flexibility index (Phi) is 47.9. The molecule has 2 heterocycles. The molecule has 0 aromatic heterocycles. The van der Waals surface area contributed by atoms with Gasteiger partial charge < -0.3 is 65.1 Å². The van der Waals surface area contributed by atoms with Crippen LogP contribution in [0.2, 0.25) is 0 Å². The molecule has 9 N–H and O–H groups in total. The van der Waals surface area contributed by atoms with E-state index in [0.29, 0.717) is 12.8 Å². The first kappa shape index (κ1) is 75.5. The normalized spacial score (nSPS) is 24.7. The van der Waals surface area contributed by atoms with Gasteiger partial charge in [-0.1, -0.05) is 225 Å². The number of aliphatic hydroxyl groups is 8. The first-order chi connectivity index (χ1) is 40.6. The Labute approximate surface area is 501 Å². The second kappa shape index (κ2) is 52.7. The fourth-order valence-electron chi connectivity index (χ4n) is 9.71. The van der Waals surface area contributed by atoms with E-state index in [1.807, 2.05) is 6.08 Å². The Hall–Kier alpha value is -3.61. The molecule has 12 unspecified atom stereocenters. The number of allylic oxidation sites excluding steroid dienone is 19. The first-order valence-corrected chi connectivity index (χ1v) is 32.3. The van der Waals surface area contributed by atoms with Crippen LogP contribution in [-0.4, -0.2) is 140 Å². The molecule has 2 saturated heterocycles. The number of rotatable bonds is 50. The van der Waals surface area contributed by atoms with Crippen molar-refractivity contribution in [1.29, 1.82) is 0 Å². The molecule has 2 fully saturated rings. The van der Waals surface area contributed by atoms with Gasteiger partial charge in [0.25, 0.3) is 0 Å². The molecule has 0 radical (unpaired) electrons. The van der Waals surface area contributed by atoms with Gasteiger partial charge in [-0.3, -0.25) is 4.79 Å². The van der Waals surface area contributed by atoms with Crippen LogP contribution in [-0.2, 0) is 23.7 Å². The topological polar surface area (TPSA) is 228 Å². The highest BCUT2D eigenvalue weighted by Gasteiger charge is 2.51. The van der Waals surface area contributed by atoms with Gasteiger partial charge >= 0.3 is 0 Å². The zero-order valence-electron chi connectivity index (χ0n) is 51.1. The second-order valence-electron chi connectivity index (χ2n) is 22.1. The fraction of sp³-hybridized carbons (Fsp3) is 0.696. The van der Waals surface area contributed by atoms with Gasteiger partial charge in [0, 0.05) is 6.42 Å². The summed E-state index contributed by atoms with van der Waals surface area (Å²) in [5.74, 6) is -0.260. The van der Waals surface area contributed by atoms with Crippen molar-refractivity contribution in [2.75, 3.05) is 19.8 Å². The molecular weight excluding hydrogens is 1050 g/mol. The summed E-state index contributed by atoms with van der Waals surface area (Å²) in [4.78, 5) is 13.3. The lowest BCUT2D eigenvalue weighted by Crippen LogP contribution is -2.65. The molecule has 14 nitrogen and oxygen atoms in total. The lowest BCUT2D eigenvalue weighted by molar-refractivity contribution is -0.359. The second-order valence-corrected chi connectivity index (χ2v) is 22.1. The zero-order valence-corrected chi connectivity index (χ0v) is 51.1. The average Bonchev–Trinajstić information content (AvgIpc) is 3.64. The molecule has 2 aliphatic rings. The van der Waals surface area contributed by atoms with Crippen LogP contribution in [0.5, 0.6) is 0 Å². The predicted molar refractivity (Wildman–Crippen MR) is 336 cm³/mol. The van der Waals surface area contributed by atoms with Gasteiger partial charge in [-0.2, -0.15) is 0 Å². The molecular formula is C69H115NO13. The molecule has 0 aromatic rings. The van der Waals surface area contributed by atoms with Crippen molar-refractivity contribution in [2.45, 2.75) is 286 Å². The number of aliphatic hydroxyl groups excluding tert-OH is 8. The maximum Gasteiger partial charge on any atom is 0.220 e. The van der Waals surface area contributed by atoms with Gasteiger partial charge in [-0.25, -0.2) is 0 Å². The van der Waals surface area contributed by atoms with Crippen molar-refractivity contribution >= 4 is 5.91 Å². The molecule has 0 bridgehead atoms. The summed E-state index contributed by atoms with van der Waals surface area (Å²) in [7, 11) is 0. The van der Waals surface area contributed by atoms with Gasteiger partial charge in [0.15, 0.2) is 12.6 Å². The maximum absolute atomic E-state index is 13.3. The Morgan fingerprint density at radius 2 is 0.843 bits per heavy atom. The third-order valence-corrected chi connectivity index (χ3v) is 14.9. The van der Waals surface area contributed by atoms with Crippen molar-refractivity contribution in [3.63, 3.8) is 0 Å². The summed E-state index contributed by atoms with van der Waals surface area (Å²) >= 11 is 0. The molecule has 1 amide bonds. The van der Waals surface area contributed by atoms with E-state index >= 15 is 0 Å². The van der Waals surface area contributed by atoms with E-state index < -0.39 is 86.8 Å². The van der Waals surface area contributed by atoms with E-state index in [0.717, 1.165) is 96.3 Å². The van der Waals surface area contributed by atoms with Crippen molar-refractivity contribution in [2.24, 2.45) is 0 Å². The smallest absolute Gasteiger partial charge is 0.220 e. The summed E-state index contributed by atoms with van der Waals surface area (Å²) in [6.07, 6.45) is 59.6. The van der Waals surface area contributed by atoms with Crippen LogP contribution in [0.1, 0.15) is 213 Å². The number of hydrogen-bond donors (Lipinski definition) is 9. The molecule has 12 atom stereocenters. The summed E-state index contributed by atoms with van der Waals surface area (Å²) in [6.45, 7) is 2.62. The molecule has 474 valence electrons. The number of hydrogen-bond acceptors (Lipinski definition) is 13. The van der Waals surface area contributed by atoms with E-state index in [1.165, 1.54) is 83.5 Å². The SMILES string of the molecule is CC/C=C\C/C=C\C/C=C\C/C=C\C/C=C\C/C=C\C/C=C\CCCCCCCCCCCCCCCC(=O)NC(COC1OC(CO)C(OC2OC(CO)C(O)C(O)C2O)C(O)C1O)C(O)/C=C/CC/C=C/CC/C=C/CCCCCC. The molecule has 0 saturated carbocycles. The summed E-state index contributed by atoms with van der Waals surface area (Å²) in [5, 5.41) is 87.1. The molecule has 83 heavy (non-hydrogen) atoms. The summed E-state index contributed by atoms with van der Waals surface area (Å²) in [5.41, 5.74) is 0. The van der Waals surface area contributed by atoms with Gasteiger partial charge in [-0.05, 0) is 103 Å². The van der Waals surface area contributed by atoms with E-state index in [4.69, 9.17) is 18.9 Å². The maximum atomic E-state index is 13.3. The number of carbonyl (C=O) groups is 1. The average molecular weight is 1170 g/mol. The quantitative estimate of drug-likeness (QED) is 0.0204. The minimum absolute atomic E-state index is 0.260. The Morgan fingerprint density at radius 1 is 0.446 bits per heavy atom. The Balaban J connectivity index is 1.66. The lowest BCUT2D eigenvalue weighted by Gasteiger charge is -2.46. The number of ether oxygens (including phenoxy) is 4. The van der Waals surface area contributed by atoms with Crippen molar-refractivity contribution < 1.29 is 64.6 Å². The Bertz CT molecular complexity index is 1850. The molecule has 0 aromatic carbocycles. The molecule has 0 spiro atoms. The van der Waals surface area contributed by atoms with Gasteiger partial charge in [0.05, 0.1) is 32.0 Å². The minimum Gasteiger partial charge on any atom is -0.394 e. The van der Waals surface area contributed by atoms with Crippen LogP contribution >= 0.6 is 0 Å². The zero-order chi connectivity index (χ0) is 60.2. The highest BCUT2D eigenvalue weighted by molar-refractivity contribution is 5.76. The minimum atomic E-state index is -1.80. The van der Waals surface area contributed by atoms with Crippen molar-refractivity contribution in [3.05, 3.63) is 122 Å². The van der Waals surface area contributed by atoms with Gasteiger partial charge in [-0.15, -0.1) is 0 Å². The molecule has 2 aliphatic heterocycles. The summed E-state index contributed by atoms with van der Waals surface area (Å²) in [6, 6.07) is -0.945. The highest BCUT2D eigenvalue weighted by Crippen LogP contribution is 2.30. The summed E-state index contributed by atoms with van der Waals surface area (Å²) < 4.78 is 22.7. The number of amides is 1. The van der Waals surface area contributed by atoms with E-state index in [2.05, 4.69) is 129 Å². The molecule has 14 heteroatoms. The van der Waals surface area contributed by atoms with Crippen LogP contribution in [0.4, 0.5) is 0 Å². The monoisotopic (exact) mass is 1170 g/mol. The Morgan fingerprint density at radius 3 is 1.33 bits per heavy atom. The van der Waals surface area contributed by atoms with Crippen LogP contribution in [0.3, 0.4) is 0 Å². The number of carbonyl (C=O) groups excluding carboxylic acids is 1. The highest BCUT2D eigenvalue weighted by atomic mass is 16.7. The molecule has 2 rings (SSSR count). The van der Waals surface area contributed by atoms with Crippen LogP contribution < -0.4 is 5.32 Å². The van der Waals surface area contributed by atoms with Crippen LogP contribution in [0.15, 0.2) is 122 Å². The standard InChI is InChI=1S/C69H115NO13/c1-3-5-7-9-11-13-15-17-19-20-21-22-23-24-25-26-27-28-29-30-31-32-33-34-35-36-37-38-39-41-43-45-47-49-51-53-61(74)70-57(58(73)52-50-48-46-44-42-40-18-16-14-12-10-8-6-4-2)56-80-68-66(79)64(77)67(60(55-72)82-68)83-69-65(78)63(76)62(75)59(54-71)81-69/h5,7,11,13-14,16-17,19,21-22,24-25,27-28,30-31,42,44,50,52,57-60,62-69,71-73,75-79H,3-4,6,8-10,12,15,18,20,23,26,29,32-41,43,45-49,51,53-56H2,1-2H3,(H,70,74)/b7-5-,13-11-,16-14+,19-17-,22-21-,25-24-,28-27-,31-30-,44-42+,52-50+. The predicted octanol–water partition coefficient (Wildman–Crippen LogP) is 12.2. The van der Waals surface area contributed by atoms with Crippen molar-refractivity contribution in [1.82, 2.24) is 5.32 Å². The largest absolute Gasteiger partial charge is 0.394 e. The fourth-order valence-corrected chi connectivity index (χ4v) is 9.71. The van der Waals surface area contributed by atoms with Gasteiger partial charge in [0.1, 0.15) is 48.8 Å². The first-order valence-electron chi connectivity index (χ1n) is 32.3.